The molecule has 0 unspecified atom stereocenters. The Kier molecular flexibility index (Phi) is 7.03. The standard InChI is InChI=1S/C20H13BrClN3O3S/c21-15-4-2-14(3-5-15)20(26)24-23-12-13-1-10-19(18(11-13)25(27)28)29-17-8-6-16(22)7-9-17/h1-12H,(H,24,26). The van der Waals surface area contributed by atoms with E-state index in [-0.39, 0.29) is 11.6 Å². The van der Waals surface area contributed by atoms with Crippen molar-refractivity contribution in [3.8, 4) is 0 Å². The van der Waals surface area contributed by atoms with Crippen molar-refractivity contribution >= 4 is 57.1 Å². The fraction of sp³-hybridized carbons (Fsp3) is 0. The van der Waals surface area contributed by atoms with Crippen LogP contribution in [0, 0.1) is 10.1 Å². The summed E-state index contributed by atoms with van der Waals surface area (Å²) in [4.78, 5) is 24.4. The number of hydrazone groups is 1. The van der Waals surface area contributed by atoms with Crippen molar-refractivity contribution in [3.05, 3.63) is 97.5 Å². The molecule has 6 nitrogen and oxygen atoms in total. The molecule has 0 saturated carbocycles. The van der Waals surface area contributed by atoms with Gasteiger partial charge in [0.2, 0.25) is 0 Å². The maximum absolute atomic E-state index is 12.0. The Morgan fingerprint density at radius 2 is 1.79 bits per heavy atom. The lowest BCUT2D eigenvalue weighted by Crippen LogP contribution is -2.17. The first-order chi connectivity index (χ1) is 13.9. The second kappa shape index (κ2) is 9.69. The minimum Gasteiger partial charge on any atom is -0.267 e. The van der Waals surface area contributed by atoms with Gasteiger partial charge in [0, 0.05) is 31.6 Å². The van der Waals surface area contributed by atoms with Crippen LogP contribution in [-0.4, -0.2) is 17.0 Å². The van der Waals surface area contributed by atoms with Gasteiger partial charge in [-0.2, -0.15) is 5.10 Å². The van der Waals surface area contributed by atoms with Crippen LogP contribution < -0.4 is 5.43 Å². The molecule has 0 saturated heterocycles. The molecule has 0 fully saturated rings. The average Bonchev–Trinajstić information content (AvgIpc) is 2.71. The number of benzene rings is 3. The minimum absolute atomic E-state index is 0.0480. The van der Waals surface area contributed by atoms with E-state index in [0.717, 1.165) is 9.37 Å². The van der Waals surface area contributed by atoms with E-state index in [0.29, 0.717) is 21.0 Å². The van der Waals surface area contributed by atoms with Crippen molar-refractivity contribution in [2.75, 3.05) is 0 Å². The van der Waals surface area contributed by atoms with E-state index in [1.54, 1.807) is 60.7 Å². The highest BCUT2D eigenvalue weighted by Gasteiger charge is 2.15. The predicted molar refractivity (Wildman–Crippen MR) is 118 cm³/mol. The maximum atomic E-state index is 12.0. The smallest absolute Gasteiger partial charge is 0.267 e. The van der Waals surface area contributed by atoms with E-state index in [4.69, 9.17) is 11.6 Å². The van der Waals surface area contributed by atoms with Gasteiger partial charge in [0.15, 0.2) is 0 Å². The second-order valence-electron chi connectivity index (χ2n) is 5.75. The number of carbonyl (C=O) groups excluding carboxylic acids is 1. The first-order valence-electron chi connectivity index (χ1n) is 8.23. The van der Waals surface area contributed by atoms with E-state index in [9.17, 15) is 14.9 Å². The van der Waals surface area contributed by atoms with Gasteiger partial charge in [-0.3, -0.25) is 14.9 Å². The molecule has 0 aromatic heterocycles. The molecule has 0 heterocycles. The SMILES string of the molecule is O=C(NN=Cc1ccc(Sc2ccc(Cl)cc2)c([N+](=O)[O-])c1)c1ccc(Br)cc1. The number of nitro benzene ring substituents is 1. The number of nitrogens with one attached hydrogen (secondary N) is 1. The van der Waals surface area contributed by atoms with Crippen LogP contribution in [0.1, 0.15) is 15.9 Å². The van der Waals surface area contributed by atoms with E-state index in [2.05, 4.69) is 26.5 Å². The summed E-state index contributed by atoms with van der Waals surface area (Å²) in [5, 5.41) is 15.9. The Morgan fingerprint density at radius 1 is 1.10 bits per heavy atom. The normalized spacial score (nSPS) is 10.8. The fourth-order valence-corrected chi connectivity index (χ4v) is 3.60. The largest absolute Gasteiger partial charge is 0.283 e. The number of hydrogen-bond acceptors (Lipinski definition) is 5. The zero-order valence-corrected chi connectivity index (χ0v) is 17.9. The highest BCUT2D eigenvalue weighted by Crippen LogP contribution is 2.35. The molecule has 0 aliphatic rings. The molecular formula is C20H13BrClN3O3S. The number of nitrogens with zero attached hydrogens (tertiary/aromatic N) is 2. The molecule has 29 heavy (non-hydrogen) atoms. The lowest BCUT2D eigenvalue weighted by atomic mass is 10.2. The van der Waals surface area contributed by atoms with Gasteiger partial charge in [-0.15, -0.1) is 0 Å². The summed E-state index contributed by atoms with van der Waals surface area (Å²) < 4.78 is 0.862. The van der Waals surface area contributed by atoms with Gasteiger partial charge in [-0.05, 0) is 54.6 Å². The van der Waals surface area contributed by atoms with Crippen LogP contribution in [-0.2, 0) is 0 Å². The average molecular weight is 491 g/mol. The van der Waals surface area contributed by atoms with Crippen molar-refractivity contribution in [3.63, 3.8) is 0 Å². The Bertz CT molecular complexity index is 1070. The monoisotopic (exact) mass is 489 g/mol. The molecule has 0 aliphatic carbocycles. The molecule has 146 valence electrons. The quantitative estimate of drug-likeness (QED) is 0.264. The molecule has 0 atom stereocenters. The summed E-state index contributed by atoms with van der Waals surface area (Å²) >= 11 is 10.4. The Labute approximate surface area is 184 Å². The van der Waals surface area contributed by atoms with Crippen LogP contribution in [0.5, 0.6) is 0 Å². The number of hydrogen-bond donors (Lipinski definition) is 1. The van der Waals surface area contributed by atoms with Crippen LogP contribution >= 0.6 is 39.3 Å². The third kappa shape index (κ3) is 5.90. The van der Waals surface area contributed by atoms with E-state index >= 15 is 0 Å². The summed E-state index contributed by atoms with van der Waals surface area (Å²) in [5.74, 6) is -0.377. The lowest BCUT2D eigenvalue weighted by molar-refractivity contribution is -0.387. The minimum atomic E-state index is -0.448. The summed E-state index contributed by atoms with van der Waals surface area (Å²) in [6, 6.07) is 18.6. The van der Waals surface area contributed by atoms with Gasteiger partial charge >= 0.3 is 0 Å². The molecule has 3 aromatic rings. The van der Waals surface area contributed by atoms with Gasteiger partial charge in [0.05, 0.1) is 16.0 Å². The lowest BCUT2D eigenvalue weighted by Gasteiger charge is -2.04. The van der Waals surface area contributed by atoms with Crippen LogP contribution in [0.2, 0.25) is 5.02 Å². The summed E-state index contributed by atoms with van der Waals surface area (Å²) in [6.45, 7) is 0. The zero-order chi connectivity index (χ0) is 20.8. The molecule has 3 aromatic carbocycles. The highest BCUT2D eigenvalue weighted by atomic mass is 79.9. The van der Waals surface area contributed by atoms with Crippen molar-refractivity contribution in [2.45, 2.75) is 9.79 Å². The first kappa shape index (κ1) is 21.0. The van der Waals surface area contributed by atoms with Gasteiger partial charge in [0.1, 0.15) is 0 Å². The third-order valence-corrected chi connectivity index (χ3v) is 5.56. The van der Waals surface area contributed by atoms with Crippen molar-refractivity contribution < 1.29 is 9.72 Å². The molecule has 1 N–H and O–H groups in total. The van der Waals surface area contributed by atoms with E-state index in [1.807, 2.05) is 0 Å². The van der Waals surface area contributed by atoms with Crippen LogP contribution in [0.4, 0.5) is 5.69 Å². The second-order valence-corrected chi connectivity index (χ2v) is 8.21. The molecular weight excluding hydrogens is 478 g/mol. The highest BCUT2D eigenvalue weighted by molar-refractivity contribution is 9.10. The fourth-order valence-electron chi connectivity index (χ4n) is 2.30. The predicted octanol–water partition coefficient (Wildman–Crippen LogP) is 5.93. The number of halogens is 2. The van der Waals surface area contributed by atoms with E-state index in [1.165, 1.54) is 24.0 Å². The maximum Gasteiger partial charge on any atom is 0.283 e. The molecule has 3 rings (SSSR count). The number of amides is 1. The number of carbonyl (C=O) groups is 1. The Morgan fingerprint density at radius 3 is 2.45 bits per heavy atom. The molecule has 9 heteroatoms. The van der Waals surface area contributed by atoms with Gasteiger partial charge in [-0.25, -0.2) is 5.43 Å². The van der Waals surface area contributed by atoms with Crippen LogP contribution in [0.15, 0.2) is 86.1 Å². The topological polar surface area (TPSA) is 84.6 Å². The Balaban J connectivity index is 1.73. The molecule has 0 radical (unpaired) electrons. The van der Waals surface area contributed by atoms with Crippen molar-refractivity contribution in [1.29, 1.82) is 0 Å². The summed E-state index contributed by atoms with van der Waals surface area (Å²) in [7, 11) is 0. The van der Waals surface area contributed by atoms with Gasteiger partial charge in [-0.1, -0.05) is 45.4 Å². The number of nitro groups is 1. The first-order valence-corrected chi connectivity index (χ1v) is 10.2. The summed E-state index contributed by atoms with van der Waals surface area (Å²) in [5.41, 5.74) is 3.30. The van der Waals surface area contributed by atoms with Crippen LogP contribution in [0.3, 0.4) is 0 Å². The number of rotatable bonds is 6. The molecule has 1 amide bonds. The third-order valence-electron chi connectivity index (χ3n) is 3.71. The van der Waals surface area contributed by atoms with Gasteiger partial charge in [0.25, 0.3) is 11.6 Å². The van der Waals surface area contributed by atoms with Gasteiger partial charge < -0.3 is 0 Å². The Hall–Kier alpha value is -2.68. The molecule has 0 spiro atoms. The van der Waals surface area contributed by atoms with Crippen LogP contribution in [0.25, 0.3) is 0 Å². The zero-order valence-electron chi connectivity index (χ0n) is 14.7. The molecule has 0 bridgehead atoms. The van der Waals surface area contributed by atoms with Crippen molar-refractivity contribution in [2.24, 2.45) is 5.10 Å². The summed E-state index contributed by atoms with van der Waals surface area (Å²) in [6.07, 6.45) is 1.36. The van der Waals surface area contributed by atoms with Crippen molar-refractivity contribution in [1.82, 2.24) is 5.43 Å². The van der Waals surface area contributed by atoms with E-state index < -0.39 is 4.92 Å². The molecule has 0 aliphatic heterocycles.